The summed E-state index contributed by atoms with van der Waals surface area (Å²) in [5.41, 5.74) is 0.708. The largest absolute Gasteiger partial charge is 0.478 e. The maximum atomic E-state index is 11.2. The Morgan fingerprint density at radius 3 is 2.90 bits per heavy atom. The SMILES string of the molecule is CCc1cnc(C(C)Nc2cc(Cl)ccc2C(=O)O)s1. The first kappa shape index (κ1) is 14.8. The van der Waals surface area contributed by atoms with Crippen LogP contribution in [-0.2, 0) is 6.42 Å². The number of hydrogen-bond donors (Lipinski definition) is 2. The van der Waals surface area contributed by atoms with E-state index in [-0.39, 0.29) is 11.6 Å². The Kier molecular flexibility index (Phi) is 4.62. The molecule has 2 N–H and O–H groups in total. The molecule has 1 aromatic carbocycles. The smallest absolute Gasteiger partial charge is 0.337 e. The fraction of sp³-hybridized carbons (Fsp3) is 0.286. The Hall–Kier alpha value is -1.59. The van der Waals surface area contributed by atoms with Crippen molar-refractivity contribution in [1.82, 2.24) is 4.98 Å². The number of benzene rings is 1. The second-order valence-corrected chi connectivity index (χ2v) is 5.96. The molecule has 1 unspecified atom stereocenters. The van der Waals surface area contributed by atoms with Gasteiger partial charge >= 0.3 is 5.97 Å². The number of thiazole rings is 1. The highest BCUT2D eigenvalue weighted by atomic mass is 35.5. The van der Waals surface area contributed by atoms with Gasteiger partial charge in [-0.15, -0.1) is 11.3 Å². The van der Waals surface area contributed by atoms with E-state index in [9.17, 15) is 9.90 Å². The topological polar surface area (TPSA) is 62.2 Å². The van der Waals surface area contributed by atoms with E-state index in [0.717, 1.165) is 11.4 Å². The maximum absolute atomic E-state index is 11.2. The first-order valence-electron chi connectivity index (χ1n) is 6.25. The Labute approximate surface area is 126 Å². The van der Waals surface area contributed by atoms with Crippen molar-refractivity contribution in [2.75, 3.05) is 5.32 Å². The molecule has 0 aliphatic heterocycles. The molecular weight excluding hydrogens is 296 g/mol. The third-order valence-corrected chi connectivity index (χ3v) is 4.43. The Balaban J connectivity index is 2.24. The molecule has 0 fully saturated rings. The number of aryl methyl sites for hydroxylation is 1. The van der Waals surface area contributed by atoms with E-state index in [1.54, 1.807) is 23.5 Å². The van der Waals surface area contributed by atoms with Crippen LogP contribution in [0.15, 0.2) is 24.4 Å². The molecule has 1 heterocycles. The van der Waals surface area contributed by atoms with Gasteiger partial charge in [0, 0.05) is 16.1 Å². The molecule has 2 rings (SSSR count). The molecule has 0 bridgehead atoms. The molecule has 0 aliphatic rings. The van der Waals surface area contributed by atoms with Crippen molar-refractivity contribution in [3.8, 4) is 0 Å². The minimum atomic E-state index is -0.982. The average molecular weight is 311 g/mol. The molecule has 1 aromatic heterocycles. The predicted octanol–water partition coefficient (Wildman–Crippen LogP) is 4.23. The number of carboxylic acids is 1. The quantitative estimate of drug-likeness (QED) is 0.867. The van der Waals surface area contributed by atoms with Crippen LogP contribution in [0.2, 0.25) is 5.02 Å². The van der Waals surface area contributed by atoms with Crippen LogP contribution in [0.25, 0.3) is 0 Å². The van der Waals surface area contributed by atoms with E-state index < -0.39 is 5.97 Å². The van der Waals surface area contributed by atoms with Crippen molar-refractivity contribution in [2.24, 2.45) is 0 Å². The first-order valence-corrected chi connectivity index (χ1v) is 7.44. The van der Waals surface area contributed by atoms with E-state index in [1.807, 2.05) is 13.1 Å². The zero-order valence-electron chi connectivity index (χ0n) is 11.2. The highest BCUT2D eigenvalue weighted by Gasteiger charge is 2.15. The summed E-state index contributed by atoms with van der Waals surface area (Å²) in [5, 5.41) is 13.8. The van der Waals surface area contributed by atoms with Crippen molar-refractivity contribution < 1.29 is 9.90 Å². The van der Waals surface area contributed by atoms with Gasteiger partial charge in [0.15, 0.2) is 0 Å². The van der Waals surface area contributed by atoms with Crippen LogP contribution in [0.5, 0.6) is 0 Å². The van der Waals surface area contributed by atoms with Gasteiger partial charge in [0.05, 0.1) is 17.3 Å². The Morgan fingerprint density at radius 1 is 1.55 bits per heavy atom. The van der Waals surface area contributed by atoms with Crippen molar-refractivity contribution in [3.63, 3.8) is 0 Å². The van der Waals surface area contributed by atoms with Gasteiger partial charge in [-0.2, -0.15) is 0 Å². The minimum absolute atomic E-state index is 0.0723. The summed E-state index contributed by atoms with van der Waals surface area (Å²) in [6.45, 7) is 4.03. The number of rotatable bonds is 5. The lowest BCUT2D eigenvalue weighted by Crippen LogP contribution is -2.10. The second-order valence-electron chi connectivity index (χ2n) is 4.38. The lowest BCUT2D eigenvalue weighted by molar-refractivity contribution is 0.0698. The minimum Gasteiger partial charge on any atom is -0.478 e. The van der Waals surface area contributed by atoms with E-state index in [2.05, 4.69) is 17.2 Å². The molecule has 0 amide bonds. The van der Waals surface area contributed by atoms with Gasteiger partial charge in [-0.25, -0.2) is 9.78 Å². The van der Waals surface area contributed by atoms with Gasteiger partial charge in [0.25, 0.3) is 0 Å². The molecule has 0 aliphatic carbocycles. The number of anilines is 1. The molecule has 20 heavy (non-hydrogen) atoms. The van der Waals surface area contributed by atoms with Gasteiger partial charge in [-0.05, 0) is 31.5 Å². The summed E-state index contributed by atoms with van der Waals surface area (Å²) in [6, 6.07) is 4.62. The van der Waals surface area contributed by atoms with Crippen LogP contribution >= 0.6 is 22.9 Å². The van der Waals surface area contributed by atoms with Crippen molar-refractivity contribution in [1.29, 1.82) is 0 Å². The van der Waals surface area contributed by atoms with Crippen molar-refractivity contribution in [2.45, 2.75) is 26.3 Å². The summed E-state index contributed by atoms with van der Waals surface area (Å²) >= 11 is 7.56. The molecule has 2 aromatic rings. The first-order chi connectivity index (χ1) is 9.51. The summed E-state index contributed by atoms with van der Waals surface area (Å²) in [4.78, 5) is 16.8. The van der Waals surface area contributed by atoms with E-state index in [4.69, 9.17) is 11.6 Å². The van der Waals surface area contributed by atoms with Crippen LogP contribution < -0.4 is 5.32 Å². The van der Waals surface area contributed by atoms with Crippen LogP contribution in [0.3, 0.4) is 0 Å². The van der Waals surface area contributed by atoms with Crippen LogP contribution in [0.1, 0.15) is 40.1 Å². The predicted molar refractivity (Wildman–Crippen MR) is 81.9 cm³/mol. The zero-order chi connectivity index (χ0) is 14.7. The second kappa shape index (κ2) is 6.24. The fourth-order valence-corrected chi connectivity index (χ4v) is 2.84. The highest BCUT2D eigenvalue weighted by molar-refractivity contribution is 7.11. The summed E-state index contributed by atoms with van der Waals surface area (Å²) in [7, 11) is 0. The third-order valence-electron chi connectivity index (χ3n) is 2.87. The molecule has 4 nitrogen and oxygen atoms in total. The number of halogens is 1. The molecule has 0 spiro atoms. The number of nitrogens with one attached hydrogen (secondary N) is 1. The van der Waals surface area contributed by atoms with Crippen LogP contribution in [0, 0.1) is 0 Å². The Morgan fingerprint density at radius 2 is 2.30 bits per heavy atom. The number of aromatic nitrogens is 1. The molecule has 0 saturated carbocycles. The van der Waals surface area contributed by atoms with Crippen molar-refractivity contribution >= 4 is 34.6 Å². The lowest BCUT2D eigenvalue weighted by atomic mass is 10.1. The molecule has 106 valence electrons. The van der Waals surface area contributed by atoms with Gasteiger partial charge in [0.2, 0.25) is 0 Å². The molecule has 0 radical (unpaired) electrons. The number of aromatic carboxylic acids is 1. The fourth-order valence-electron chi connectivity index (χ4n) is 1.80. The van der Waals surface area contributed by atoms with E-state index in [1.165, 1.54) is 10.9 Å². The number of carbonyl (C=O) groups is 1. The standard InChI is InChI=1S/C14H15ClN2O2S/c1-3-10-7-16-13(20-10)8(2)17-12-6-9(15)4-5-11(12)14(18)19/h4-8,17H,3H2,1-2H3,(H,18,19). The number of hydrogen-bond acceptors (Lipinski definition) is 4. The molecule has 0 saturated heterocycles. The maximum Gasteiger partial charge on any atom is 0.337 e. The normalized spacial score (nSPS) is 12.2. The van der Waals surface area contributed by atoms with Gasteiger partial charge in [-0.1, -0.05) is 18.5 Å². The van der Waals surface area contributed by atoms with Crippen LogP contribution in [0.4, 0.5) is 5.69 Å². The van der Waals surface area contributed by atoms with Gasteiger partial charge < -0.3 is 10.4 Å². The number of carboxylic acid groups (broad SMARTS) is 1. The Bertz CT molecular complexity index is 627. The van der Waals surface area contributed by atoms with Gasteiger partial charge in [-0.3, -0.25) is 0 Å². The summed E-state index contributed by atoms with van der Waals surface area (Å²) in [5.74, 6) is -0.982. The summed E-state index contributed by atoms with van der Waals surface area (Å²) in [6.07, 6.45) is 2.80. The number of nitrogens with zero attached hydrogens (tertiary/aromatic N) is 1. The molecular formula is C14H15ClN2O2S. The lowest BCUT2D eigenvalue weighted by Gasteiger charge is -2.15. The molecule has 1 atom stereocenters. The zero-order valence-corrected chi connectivity index (χ0v) is 12.8. The van der Waals surface area contributed by atoms with E-state index >= 15 is 0 Å². The summed E-state index contributed by atoms with van der Waals surface area (Å²) < 4.78 is 0. The van der Waals surface area contributed by atoms with Crippen LogP contribution in [-0.4, -0.2) is 16.1 Å². The monoisotopic (exact) mass is 310 g/mol. The third kappa shape index (κ3) is 3.29. The average Bonchev–Trinajstić information content (AvgIpc) is 2.87. The van der Waals surface area contributed by atoms with E-state index in [0.29, 0.717) is 10.7 Å². The van der Waals surface area contributed by atoms with Gasteiger partial charge in [0.1, 0.15) is 5.01 Å². The highest BCUT2D eigenvalue weighted by Crippen LogP contribution is 2.27. The van der Waals surface area contributed by atoms with Crippen molar-refractivity contribution in [3.05, 3.63) is 44.9 Å². The molecule has 6 heteroatoms.